The van der Waals surface area contributed by atoms with E-state index in [1.165, 1.54) is 12.8 Å². The van der Waals surface area contributed by atoms with Gasteiger partial charge in [0.25, 0.3) is 0 Å². The van der Waals surface area contributed by atoms with Gasteiger partial charge in [-0.3, -0.25) is 0 Å². The molecule has 15 heavy (non-hydrogen) atoms. The van der Waals surface area contributed by atoms with E-state index < -0.39 is 0 Å². The van der Waals surface area contributed by atoms with Crippen LogP contribution in [0.2, 0.25) is 5.02 Å². The lowest BCUT2D eigenvalue weighted by Crippen LogP contribution is -2.43. The highest BCUT2D eigenvalue weighted by Crippen LogP contribution is 2.33. The Hall–Kier alpha value is -0.800. The van der Waals surface area contributed by atoms with Gasteiger partial charge >= 0.3 is 0 Å². The van der Waals surface area contributed by atoms with Crippen LogP contribution in [0.15, 0.2) is 18.3 Å². The van der Waals surface area contributed by atoms with Crippen molar-refractivity contribution >= 4 is 17.4 Å². The van der Waals surface area contributed by atoms with Crippen LogP contribution in [0.4, 0.5) is 5.82 Å². The van der Waals surface area contributed by atoms with Crippen molar-refractivity contribution in [3.8, 4) is 0 Å². The van der Waals surface area contributed by atoms with Gasteiger partial charge in [0, 0.05) is 12.7 Å². The Morgan fingerprint density at radius 3 is 2.80 bits per heavy atom. The fourth-order valence-corrected chi connectivity index (χ4v) is 2.33. The van der Waals surface area contributed by atoms with E-state index in [-0.39, 0.29) is 5.54 Å². The first-order valence-corrected chi connectivity index (χ1v) is 5.72. The van der Waals surface area contributed by atoms with Crippen LogP contribution in [0.1, 0.15) is 25.7 Å². The zero-order chi connectivity index (χ0) is 10.7. The number of nitrogens with two attached hydrogens (primary N) is 1. The fourth-order valence-electron chi connectivity index (χ4n) is 2.16. The highest BCUT2D eigenvalue weighted by Gasteiger charge is 2.32. The van der Waals surface area contributed by atoms with Crippen LogP contribution >= 0.6 is 11.6 Å². The molecule has 1 fully saturated rings. The molecule has 1 aliphatic rings. The summed E-state index contributed by atoms with van der Waals surface area (Å²) in [5, 5.41) is 4.07. The first-order chi connectivity index (χ1) is 7.26. The average molecular weight is 226 g/mol. The second-order valence-corrected chi connectivity index (χ2v) is 4.56. The van der Waals surface area contributed by atoms with E-state index in [2.05, 4.69) is 10.3 Å². The summed E-state index contributed by atoms with van der Waals surface area (Å²) < 4.78 is 0. The molecule has 1 heterocycles. The topological polar surface area (TPSA) is 50.9 Å². The van der Waals surface area contributed by atoms with Crippen molar-refractivity contribution in [2.45, 2.75) is 31.2 Å². The van der Waals surface area contributed by atoms with E-state index in [4.69, 9.17) is 17.3 Å². The van der Waals surface area contributed by atoms with Gasteiger partial charge in [0.15, 0.2) is 0 Å². The zero-order valence-corrected chi connectivity index (χ0v) is 9.43. The molecule has 0 saturated heterocycles. The Labute approximate surface area is 95.0 Å². The average Bonchev–Trinajstić information content (AvgIpc) is 2.71. The van der Waals surface area contributed by atoms with Crippen molar-refractivity contribution < 1.29 is 0 Å². The molecule has 1 aromatic heterocycles. The number of halogens is 1. The maximum Gasteiger partial charge on any atom is 0.145 e. The Bertz CT molecular complexity index is 334. The molecule has 0 unspecified atom stereocenters. The molecular formula is C11H16ClN3. The summed E-state index contributed by atoms with van der Waals surface area (Å²) in [6.45, 7) is 0.639. The molecular weight excluding hydrogens is 210 g/mol. The maximum absolute atomic E-state index is 6.06. The van der Waals surface area contributed by atoms with E-state index in [0.29, 0.717) is 11.6 Å². The third-order valence-corrected chi connectivity index (χ3v) is 3.40. The SMILES string of the molecule is NCC1(Nc2ncccc2Cl)CCCC1. The molecule has 0 amide bonds. The molecule has 0 aromatic carbocycles. The summed E-state index contributed by atoms with van der Waals surface area (Å²) in [5.41, 5.74) is 5.85. The molecule has 1 saturated carbocycles. The largest absolute Gasteiger partial charge is 0.362 e. The molecule has 0 aliphatic heterocycles. The minimum absolute atomic E-state index is 0.0119. The Balaban J connectivity index is 2.16. The molecule has 1 aliphatic carbocycles. The number of pyridine rings is 1. The maximum atomic E-state index is 6.06. The van der Waals surface area contributed by atoms with Crippen LogP contribution < -0.4 is 11.1 Å². The van der Waals surface area contributed by atoms with E-state index in [1.807, 2.05) is 12.1 Å². The smallest absolute Gasteiger partial charge is 0.145 e. The van der Waals surface area contributed by atoms with Gasteiger partial charge in [-0.05, 0) is 25.0 Å². The lowest BCUT2D eigenvalue weighted by molar-refractivity contribution is 0.491. The minimum Gasteiger partial charge on any atom is -0.362 e. The van der Waals surface area contributed by atoms with Crippen molar-refractivity contribution in [1.82, 2.24) is 4.98 Å². The van der Waals surface area contributed by atoms with Crippen molar-refractivity contribution in [3.05, 3.63) is 23.4 Å². The predicted molar refractivity (Wildman–Crippen MR) is 63.1 cm³/mol. The van der Waals surface area contributed by atoms with Gasteiger partial charge in [-0.2, -0.15) is 0 Å². The highest BCUT2D eigenvalue weighted by atomic mass is 35.5. The number of nitrogens with zero attached hydrogens (tertiary/aromatic N) is 1. The number of hydrogen-bond acceptors (Lipinski definition) is 3. The summed E-state index contributed by atoms with van der Waals surface area (Å²) in [5.74, 6) is 0.756. The number of nitrogens with one attached hydrogen (secondary N) is 1. The molecule has 3 nitrogen and oxygen atoms in total. The van der Waals surface area contributed by atoms with E-state index in [1.54, 1.807) is 6.20 Å². The highest BCUT2D eigenvalue weighted by molar-refractivity contribution is 6.32. The minimum atomic E-state index is 0.0119. The first kappa shape index (κ1) is 10.7. The lowest BCUT2D eigenvalue weighted by atomic mass is 9.98. The van der Waals surface area contributed by atoms with Gasteiger partial charge in [-0.15, -0.1) is 0 Å². The van der Waals surface area contributed by atoms with Crippen molar-refractivity contribution in [3.63, 3.8) is 0 Å². The molecule has 4 heteroatoms. The van der Waals surface area contributed by atoms with Crippen LogP contribution in [-0.2, 0) is 0 Å². The van der Waals surface area contributed by atoms with E-state index in [0.717, 1.165) is 18.7 Å². The molecule has 2 rings (SSSR count). The molecule has 0 bridgehead atoms. The quantitative estimate of drug-likeness (QED) is 0.831. The second kappa shape index (κ2) is 4.37. The second-order valence-electron chi connectivity index (χ2n) is 4.15. The van der Waals surface area contributed by atoms with Crippen molar-refractivity contribution in [1.29, 1.82) is 0 Å². The standard InChI is InChI=1S/C11H16ClN3/c12-9-4-3-7-14-10(9)15-11(8-13)5-1-2-6-11/h3-4,7H,1-2,5-6,8,13H2,(H,14,15). The van der Waals surface area contributed by atoms with E-state index in [9.17, 15) is 0 Å². The van der Waals surface area contributed by atoms with Gasteiger partial charge < -0.3 is 11.1 Å². The van der Waals surface area contributed by atoms with Gasteiger partial charge in [-0.1, -0.05) is 24.4 Å². The van der Waals surface area contributed by atoms with Crippen molar-refractivity contribution in [2.24, 2.45) is 5.73 Å². The molecule has 0 atom stereocenters. The van der Waals surface area contributed by atoms with E-state index >= 15 is 0 Å². The summed E-state index contributed by atoms with van der Waals surface area (Å²) in [6, 6.07) is 3.67. The number of aromatic nitrogens is 1. The van der Waals surface area contributed by atoms with Gasteiger partial charge in [-0.25, -0.2) is 4.98 Å². The normalized spacial score (nSPS) is 19.1. The van der Waals surface area contributed by atoms with Crippen molar-refractivity contribution in [2.75, 3.05) is 11.9 Å². The Morgan fingerprint density at radius 1 is 1.47 bits per heavy atom. The lowest BCUT2D eigenvalue weighted by Gasteiger charge is -2.29. The summed E-state index contributed by atoms with van der Waals surface area (Å²) >= 11 is 6.06. The first-order valence-electron chi connectivity index (χ1n) is 5.35. The molecule has 1 aromatic rings. The monoisotopic (exact) mass is 225 g/mol. The van der Waals surface area contributed by atoms with Gasteiger partial charge in [0.1, 0.15) is 5.82 Å². The number of anilines is 1. The van der Waals surface area contributed by atoms with Gasteiger partial charge in [0.05, 0.1) is 10.6 Å². The molecule has 0 radical (unpaired) electrons. The zero-order valence-electron chi connectivity index (χ0n) is 8.67. The Kier molecular flexibility index (Phi) is 3.12. The van der Waals surface area contributed by atoms with Crippen LogP contribution in [0.5, 0.6) is 0 Å². The third kappa shape index (κ3) is 2.24. The number of rotatable bonds is 3. The molecule has 0 spiro atoms. The summed E-state index contributed by atoms with van der Waals surface area (Å²) in [4.78, 5) is 4.24. The van der Waals surface area contributed by atoms with Crippen LogP contribution in [0, 0.1) is 0 Å². The Morgan fingerprint density at radius 2 is 2.20 bits per heavy atom. The molecule has 82 valence electrons. The predicted octanol–water partition coefficient (Wildman–Crippen LogP) is 2.42. The van der Waals surface area contributed by atoms with Crippen LogP contribution in [0.3, 0.4) is 0 Å². The summed E-state index contributed by atoms with van der Waals surface area (Å²) in [6.07, 6.45) is 6.42. The van der Waals surface area contributed by atoms with Crippen LogP contribution in [0.25, 0.3) is 0 Å². The molecule has 3 N–H and O–H groups in total. The van der Waals surface area contributed by atoms with Crippen LogP contribution in [-0.4, -0.2) is 17.1 Å². The van der Waals surface area contributed by atoms with Gasteiger partial charge in [0.2, 0.25) is 0 Å². The summed E-state index contributed by atoms with van der Waals surface area (Å²) in [7, 11) is 0. The fraction of sp³-hybridized carbons (Fsp3) is 0.545. The number of hydrogen-bond donors (Lipinski definition) is 2. The third-order valence-electron chi connectivity index (χ3n) is 3.09.